The molecule has 0 aromatic carbocycles. The van der Waals surface area contributed by atoms with Crippen LogP contribution in [0.5, 0.6) is 0 Å². The Morgan fingerprint density at radius 3 is 2.56 bits per heavy atom. The van der Waals surface area contributed by atoms with Gasteiger partial charge in [0.05, 0.1) is 0 Å². The first-order chi connectivity index (χ1) is 4.20. The van der Waals surface area contributed by atoms with Gasteiger partial charge in [0.1, 0.15) is 5.76 Å². The number of hydrogen-bond acceptors (Lipinski definition) is 2. The zero-order valence-electron chi connectivity index (χ0n) is 4.85. The van der Waals surface area contributed by atoms with Gasteiger partial charge in [-0.2, -0.15) is 0 Å². The van der Waals surface area contributed by atoms with Crippen molar-refractivity contribution in [3.63, 3.8) is 0 Å². The molecule has 0 atom stereocenters. The number of halogens is 1. The molecule has 0 bridgehead atoms. The van der Waals surface area contributed by atoms with Crippen molar-refractivity contribution in [2.45, 2.75) is 6.92 Å². The highest BCUT2D eigenvalue weighted by molar-refractivity contribution is 14.1. The van der Waals surface area contributed by atoms with E-state index in [2.05, 4.69) is 0 Å². The first-order valence-corrected chi connectivity index (χ1v) is 3.54. The van der Waals surface area contributed by atoms with Crippen LogP contribution in [0, 0.1) is 6.92 Å². The number of aryl methyl sites for hydroxylation is 1. The molecule has 2 nitrogen and oxygen atoms in total. The van der Waals surface area contributed by atoms with Gasteiger partial charge in [-0.25, -0.2) is 0 Å². The van der Waals surface area contributed by atoms with Gasteiger partial charge in [0, 0.05) is 22.6 Å². The van der Waals surface area contributed by atoms with Gasteiger partial charge in [0.25, 0.3) is 3.79 Å². The fourth-order valence-electron chi connectivity index (χ4n) is 0.540. The number of rotatable bonds is 1. The third-order valence-corrected chi connectivity index (χ3v) is 1.47. The maximum Gasteiger partial charge on any atom is 0.257 e. The predicted octanol–water partition coefficient (Wildman–Crippen LogP) is 2.16. The third-order valence-electron chi connectivity index (χ3n) is 0.934. The maximum absolute atomic E-state index is 10.6. The molecule has 9 heavy (non-hydrogen) atoms. The minimum Gasteiger partial charge on any atom is -0.457 e. The molecule has 0 aliphatic carbocycles. The summed E-state index contributed by atoms with van der Waals surface area (Å²) in [5.41, 5.74) is 0. The zero-order chi connectivity index (χ0) is 6.85. The summed E-state index contributed by atoms with van der Waals surface area (Å²) < 4.78 is 4.93. The molecule has 0 amide bonds. The standard InChI is InChI=1S/C6H5IO2/c1-4-2-3-5(9-4)6(7)8/h2-3H,1H3. The van der Waals surface area contributed by atoms with Crippen molar-refractivity contribution in [1.82, 2.24) is 0 Å². The van der Waals surface area contributed by atoms with Crippen molar-refractivity contribution >= 4 is 26.4 Å². The van der Waals surface area contributed by atoms with E-state index in [0.717, 1.165) is 5.76 Å². The van der Waals surface area contributed by atoms with E-state index in [4.69, 9.17) is 4.42 Å². The highest BCUT2D eigenvalue weighted by atomic mass is 127. The van der Waals surface area contributed by atoms with Crippen molar-refractivity contribution in [2.75, 3.05) is 0 Å². The highest BCUT2D eigenvalue weighted by Crippen LogP contribution is 2.09. The predicted molar refractivity (Wildman–Crippen MR) is 41.8 cm³/mol. The lowest BCUT2D eigenvalue weighted by Crippen LogP contribution is -1.79. The number of carbonyl (C=O) groups is 1. The van der Waals surface area contributed by atoms with E-state index in [1.54, 1.807) is 34.7 Å². The SMILES string of the molecule is Cc1ccc(C(=O)I)o1. The lowest BCUT2D eigenvalue weighted by Gasteiger charge is -1.81. The Morgan fingerprint density at radius 1 is 1.67 bits per heavy atom. The minimum absolute atomic E-state index is 0.0549. The van der Waals surface area contributed by atoms with Crippen LogP contribution in [0.2, 0.25) is 0 Å². The van der Waals surface area contributed by atoms with Crippen molar-refractivity contribution < 1.29 is 9.21 Å². The second-order valence-corrected chi connectivity index (χ2v) is 2.66. The van der Waals surface area contributed by atoms with Gasteiger partial charge in [0.15, 0.2) is 5.76 Å². The Morgan fingerprint density at radius 2 is 2.33 bits per heavy atom. The molecule has 0 unspecified atom stereocenters. The van der Waals surface area contributed by atoms with Crippen molar-refractivity contribution in [1.29, 1.82) is 0 Å². The summed E-state index contributed by atoms with van der Waals surface area (Å²) in [6.45, 7) is 1.81. The average molecular weight is 236 g/mol. The minimum atomic E-state index is -0.0549. The quantitative estimate of drug-likeness (QED) is 0.552. The van der Waals surface area contributed by atoms with Crippen LogP contribution in [0.15, 0.2) is 16.5 Å². The van der Waals surface area contributed by atoms with Gasteiger partial charge in [-0.3, -0.25) is 4.79 Å². The summed E-state index contributed by atoms with van der Waals surface area (Å²) >= 11 is 1.69. The highest BCUT2D eigenvalue weighted by Gasteiger charge is 2.03. The van der Waals surface area contributed by atoms with Gasteiger partial charge in [0.2, 0.25) is 0 Å². The Labute approximate surface area is 66.4 Å². The lowest BCUT2D eigenvalue weighted by molar-refractivity contribution is 0.108. The number of hydrogen-bond donors (Lipinski definition) is 0. The molecule has 0 radical (unpaired) electrons. The molecular formula is C6H5IO2. The number of furan rings is 1. The van der Waals surface area contributed by atoms with E-state index in [1.165, 1.54) is 0 Å². The van der Waals surface area contributed by atoms with E-state index in [1.807, 2.05) is 6.92 Å². The van der Waals surface area contributed by atoms with Crippen LogP contribution in [0.25, 0.3) is 0 Å². The van der Waals surface area contributed by atoms with Crippen LogP contribution in [-0.4, -0.2) is 3.79 Å². The molecule has 1 aromatic rings. The molecule has 0 N–H and O–H groups in total. The van der Waals surface area contributed by atoms with Crippen molar-refractivity contribution in [3.8, 4) is 0 Å². The summed E-state index contributed by atoms with van der Waals surface area (Å²) in [7, 11) is 0. The van der Waals surface area contributed by atoms with Crippen LogP contribution >= 0.6 is 22.6 Å². The summed E-state index contributed by atoms with van der Waals surface area (Å²) in [6, 6.07) is 3.44. The Hall–Kier alpha value is -0.320. The Bertz CT molecular complexity index is 227. The third kappa shape index (κ3) is 1.54. The fraction of sp³-hybridized carbons (Fsp3) is 0.167. The number of carbonyl (C=O) groups excluding carboxylic acids is 1. The van der Waals surface area contributed by atoms with E-state index in [9.17, 15) is 4.79 Å². The van der Waals surface area contributed by atoms with Gasteiger partial charge in [-0.05, 0) is 19.1 Å². The van der Waals surface area contributed by atoms with Crippen molar-refractivity contribution in [2.24, 2.45) is 0 Å². The van der Waals surface area contributed by atoms with E-state index in [0.29, 0.717) is 5.76 Å². The molecule has 3 heteroatoms. The second kappa shape index (κ2) is 2.51. The molecule has 0 aliphatic rings. The molecule has 0 saturated heterocycles. The summed E-state index contributed by atoms with van der Waals surface area (Å²) in [6.07, 6.45) is 0. The normalized spacial score (nSPS) is 9.56. The summed E-state index contributed by atoms with van der Waals surface area (Å²) in [4.78, 5) is 10.6. The molecule has 0 spiro atoms. The van der Waals surface area contributed by atoms with Crippen LogP contribution < -0.4 is 0 Å². The van der Waals surface area contributed by atoms with E-state index in [-0.39, 0.29) is 3.79 Å². The Kier molecular flexibility index (Phi) is 1.90. The van der Waals surface area contributed by atoms with Gasteiger partial charge in [-0.1, -0.05) is 0 Å². The molecule has 1 aromatic heterocycles. The van der Waals surface area contributed by atoms with Gasteiger partial charge >= 0.3 is 0 Å². The van der Waals surface area contributed by atoms with Crippen LogP contribution in [0.1, 0.15) is 16.3 Å². The van der Waals surface area contributed by atoms with Gasteiger partial charge < -0.3 is 4.42 Å². The molecule has 1 heterocycles. The topological polar surface area (TPSA) is 30.2 Å². The van der Waals surface area contributed by atoms with E-state index >= 15 is 0 Å². The van der Waals surface area contributed by atoms with Crippen molar-refractivity contribution in [3.05, 3.63) is 23.7 Å². The fourth-order valence-corrected chi connectivity index (χ4v) is 0.830. The maximum atomic E-state index is 10.6. The zero-order valence-corrected chi connectivity index (χ0v) is 7.01. The molecule has 48 valence electrons. The van der Waals surface area contributed by atoms with Crippen LogP contribution in [0.4, 0.5) is 0 Å². The summed E-state index contributed by atoms with van der Waals surface area (Å²) in [5.74, 6) is 1.20. The van der Waals surface area contributed by atoms with Gasteiger partial charge in [-0.15, -0.1) is 0 Å². The molecule has 1 rings (SSSR count). The smallest absolute Gasteiger partial charge is 0.257 e. The first kappa shape index (κ1) is 6.80. The molecule has 0 aliphatic heterocycles. The lowest BCUT2D eigenvalue weighted by atomic mass is 10.5. The molecular weight excluding hydrogens is 231 g/mol. The molecule has 0 fully saturated rings. The van der Waals surface area contributed by atoms with E-state index < -0.39 is 0 Å². The summed E-state index contributed by atoms with van der Waals surface area (Å²) in [5, 5.41) is 0. The average Bonchev–Trinajstić information content (AvgIpc) is 2.14. The monoisotopic (exact) mass is 236 g/mol. The van der Waals surface area contributed by atoms with Crippen LogP contribution in [0.3, 0.4) is 0 Å². The largest absolute Gasteiger partial charge is 0.457 e. The second-order valence-electron chi connectivity index (χ2n) is 1.68. The Balaban J connectivity index is 2.98. The molecule has 0 saturated carbocycles. The van der Waals surface area contributed by atoms with Crippen LogP contribution in [-0.2, 0) is 0 Å². The first-order valence-electron chi connectivity index (χ1n) is 2.46.